The maximum absolute atomic E-state index is 4.83. The molecule has 120 heteroatoms. The second kappa shape index (κ2) is 145. The SMILES string of the molecule is S=S=S=S=S=S=S=S=S=S=S=S=S=S=S=S=S=S=S=S=S=S=S=S=S=S=S=S=S=S=S=S=S=S=S=S=S=S=S=S=S=S=S=S=S=S=S=S=S=S=S=S=S=S=S=S=S=S=S=S=S=S=S=S=S=S=S=S=S=S=S=S=S=S=S=S=S=S=S=S=S=S=S=S=S=S=S=S=S=S=S=S=S=S=S=S=S=S=S=S=S=S=S=S=S=S=S=S=S=S=S=S=S=S=S=S=S=S=S=S. The Morgan fingerprint density at radius 3 is 0.0917 bits per heavy atom. The van der Waals surface area contributed by atoms with Gasteiger partial charge in [-0.25, -0.2) is 0 Å². The molecule has 0 heterocycles. The van der Waals surface area contributed by atoms with Crippen LogP contribution in [0.1, 0.15) is 0 Å². The van der Waals surface area contributed by atoms with Gasteiger partial charge in [0.15, 0.2) is 0 Å². The average molecular weight is 3850 g/mol. The van der Waals surface area contributed by atoms with Crippen LogP contribution in [0.2, 0.25) is 0 Å². The Morgan fingerprint density at radius 2 is 0.0667 bits per heavy atom. The smallest absolute Gasteiger partial charge is 0 e. The molecule has 0 aromatic rings. The van der Waals surface area contributed by atoms with Crippen LogP contribution in [0.3, 0.4) is 0 Å². The average Bonchev–Trinajstić information content (AvgIpc) is 1.40. The first-order chi connectivity index (χ1) is 59.9. The first-order valence-corrected chi connectivity index (χ1v) is 178. The molecule has 0 N–H and O–H groups in total. The van der Waals surface area contributed by atoms with Gasteiger partial charge in [-0.15, -0.1) is 0 Å². The van der Waals surface area contributed by atoms with Gasteiger partial charge < -0.3 is 0 Å². The third-order valence-corrected chi connectivity index (χ3v) is 263. The summed E-state index contributed by atoms with van der Waals surface area (Å²) in [5.41, 5.74) is 0. The summed E-state index contributed by atoms with van der Waals surface area (Å²) in [6, 6.07) is 0. The second-order valence-electron chi connectivity index (χ2n) is 8.03. The Hall–Kier alpha value is 26.4. The van der Waals surface area contributed by atoms with Gasteiger partial charge in [0.1, 0.15) is 0 Å². The molecule has 0 rings (SSSR count). The normalized spacial score (nSPS) is 7.90. The van der Waals surface area contributed by atoms with Gasteiger partial charge in [-0.2, -0.15) is 0 Å². The van der Waals surface area contributed by atoms with Gasteiger partial charge in [-0.05, 0) is 0 Å². The van der Waals surface area contributed by atoms with Crippen LogP contribution < -0.4 is 0 Å². The van der Waals surface area contributed by atoms with Crippen molar-refractivity contribution in [1.29, 1.82) is 0 Å². The van der Waals surface area contributed by atoms with E-state index < -0.39 is 0 Å². The molecule has 0 amide bonds. The first kappa shape index (κ1) is 146. The minimum atomic E-state index is 1.37. The van der Waals surface area contributed by atoms with Crippen LogP contribution >= 0.6 is 0 Å². The van der Waals surface area contributed by atoms with E-state index in [0.29, 0.717) is 0 Å². The lowest BCUT2D eigenvalue weighted by Gasteiger charge is -1.41. The molecule has 0 radical (unpaired) electrons. The van der Waals surface area contributed by atoms with Crippen LogP contribution in [0.25, 0.3) is 0 Å². The molecule has 0 bridgehead atoms. The first-order valence-electron chi connectivity index (χ1n) is 19.8. The fourth-order valence-corrected chi connectivity index (χ4v) is 320. The zero-order chi connectivity index (χ0) is 85.4. The Bertz CT molecular complexity index is 9010. The zero-order valence-electron chi connectivity index (χ0n) is 49.0. The lowest BCUT2D eigenvalue weighted by molar-refractivity contribution is 5.95. The van der Waals surface area contributed by atoms with Crippen molar-refractivity contribution >= 4 is 1070 Å². The largest absolute Gasteiger partial charge is 0 e. The van der Waals surface area contributed by atoms with Crippen molar-refractivity contribution in [2.45, 2.75) is 0 Å². The summed E-state index contributed by atoms with van der Waals surface area (Å²) in [6.07, 6.45) is 0. The molecule has 0 spiro atoms. The summed E-state index contributed by atoms with van der Waals surface area (Å²) < 4.78 is 0. The van der Waals surface area contributed by atoms with Gasteiger partial charge in [-0.3, -0.25) is 0 Å². The predicted octanol–water partition coefficient (Wildman–Crippen LogP) is -0.288. The molecule has 0 fully saturated rings. The van der Waals surface area contributed by atoms with Crippen molar-refractivity contribution in [3.05, 3.63) is 0 Å². The number of hydrogen-bond donors (Lipinski definition) is 0. The molecule has 0 aliphatic carbocycles. The second-order valence-corrected chi connectivity index (χ2v) is 217. The summed E-state index contributed by atoms with van der Waals surface area (Å²) >= 11 is 9.67. The molecule has 0 unspecified atom stereocenters. The topological polar surface area (TPSA) is 0 Å². The van der Waals surface area contributed by atoms with E-state index in [-0.39, 0.29) is 0 Å². The molecule has 120 heavy (non-hydrogen) atoms. The predicted molar refractivity (Wildman–Crippen MR) is 884 cm³/mol. The van der Waals surface area contributed by atoms with Crippen LogP contribution in [0.15, 0.2) is 0 Å². The maximum atomic E-state index is 4.83. The highest BCUT2D eigenvalue weighted by atomic mass is 33.6. The van der Waals surface area contributed by atoms with Gasteiger partial charge in [0.05, 0.1) is 0 Å². The van der Waals surface area contributed by atoms with Crippen LogP contribution in [0, 0.1) is 0 Å². The number of rotatable bonds is 0. The molecule has 0 aromatic heterocycles. The molecular weight excluding hydrogens is 3850 g/mol. The van der Waals surface area contributed by atoms with E-state index in [4.69, 9.17) is 22.4 Å². The fourth-order valence-electron chi connectivity index (χ4n) is 1.32. The molecule has 0 saturated heterocycles. The summed E-state index contributed by atoms with van der Waals surface area (Å²) in [6.45, 7) is 0. The quantitative estimate of drug-likeness (QED) is 0.328. The van der Waals surface area contributed by atoms with Crippen LogP contribution in [0.4, 0.5) is 0 Å². The van der Waals surface area contributed by atoms with Crippen LogP contribution in [-0.4, -0.2) is 0 Å². The molecule has 0 aliphatic heterocycles. The molecule has 0 aromatic carbocycles. The summed E-state index contributed by atoms with van der Waals surface area (Å²) in [5.74, 6) is 0. The van der Waals surface area contributed by atoms with Crippen LogP contribution in [-0.2, 0) is 1070 Å². The van der Waals surface area contributed by atoms with Crippen molar-refractivity contribution in [2.75, 3.05) is 0 Å². The van der Waals surface area contributed by atoms with Crippen LogP contribution in [0.5, 0.6) is 0 Å². The third-order valence-electron chi connectivity index (χ3n) is 3.25. The molecule has 720 valence electrons. The van der Waals surface area contributed by atoms with E-state index in [2.05, 4.69) is 0 Å². The van der Waals surface area contributed by atoms with E-state index in [9.17, 15) is 0 Å². The summed E-state index contributed by atoms with van der Waals surface area (Å²) in [5, 5.41) is 0. The van der Waals surface area contributed by atoms with Gasteiger partial charge in [0.25, 0.3) is 0 Å². The molecular formula is S120. The summed E-state index contributed by atoms with van der Waals surface area (Å²) in [7, 11) is 214. The highest BCUT2D eigenvalue weighted by Crippen LogP contribution is 1.52. The fraction of sp³-hybridized carbons (Fsp3) is 0. The molecule has 0 aliphatic rings. The van der Waals surface area contributed by atoms with E-state index in [1.54, 1.807) is 107 Å². The highest BCUT2D eigenvalue weighted by molar-refractivity contribution is 8.89. The van der Waals surface area contributed by atoms with E-state index in [1.807, 2.05) is 924 Å². The van der Waals surface area contributed by atoms with Gasteiger partial charge in [0.2, 0.25) is 0 Å². The Balaban J connectivity index is 6.20. The van der Waals surface area contributed by atoms with Crippen molar-refractivity contribution in [1.82, 2.24) is 0 Å². The Morgan fingerprint density at radius 1 is 0.0417 bits per heavy atom. The van der Waals surface area contributed by atoms with Crippen molar-refractivity contribution in [2.24, 2.45) is 0 Å². The summed E-state index contributed by atoms with van der Waals surface area (Å²) in [4.78, 5) is 0. The monoisotopic (exact) mass is 3840 g/mol. The van der Waals surface area contributed by atoms with E-state index in [1.165, 1.54) is 17.8 Å². The van der Waals surface area contributed by atoms with Crippen molar-refractivity contribution in [3.63, 3.8) is 0 Å². The lowest BCUT2D eigenvalue weighted by Crippen LogP contribution is -1.42. The van der Waals surface area contributed by atoms with Gasteiger partial charge in [-0.1, -0.05) is 0 Å². The lowest BCUT2D eigenvalue weighted by atomic mass is 30.7. The van der Waals surface area contributed by atoms with Crippen molar-refractivity contribution < 1.29 is 0 Å². The minimum Gasteiger partial charge on any atom is 0 e. The van der Waals surface area contributed by atoms with Gasteiger partial charge >= 0.3 is 0 Å². The van der Waals surface area contributed by atoms with Crippen molar-refractivity contribution in [3.8, 4) is 0 Å². The Labute approximate surface area is 1040 Å². The minimum absolute atomic E-state index is 1.37. The Kier molecular flexibility index (Phi) is 177. The maximum Gasteiger partial charge on any atom is 0 e. The molecule has 0 saturated carbocycles. The molecule has 0 nitrogen and oxygen atoms in total. The van der Waals surface area contributed by atoms with E-state index in [0.717, 1.165) is 0 Å². The number of hydrogen-bond acceptors (Lipinski definition) is 2. The van der Waals surface area contributed by atoms with Gasteiger partial charge in [0, 0.05) is 1070 Å². The highest BCUT2D eigenvalue weighted by Gasteiger charge is 1.53. The standard InChI is InChI=1S/S120/c1-3-5-7-9-11-13-15-17-19-21-23-25-27-29-31-33-35-37-39-41-43-45-47-49-51-53-55-57-59-61-63-65-67-69-71-73-75-77-79-81-83-85-87-89-91-93-95-97-99-101-103-105-107-109-111-113-115-117-119-120-118-116-114-112-110-108-106-104-102-100-98-96-94-92-90-88-86-84-82-80-78-76-74-72-70-68-66-64-62-60-58-56-54-52-50-48-46-44-42-40-38-36-34-32-30-28-26-24-22-20-18-16-14-12-10-8-6-4-2. The molecule has 0 atom stereocenters. The zero-order valence-corrected chi connectivity index (χ0v) is 147. The third kappa shape index (κ3) is 144. The van der Waals surface area contributed by atoms with E-state index >= 15 is 0 Å².